The van der Waals surface area contributed by atoms with E-state index in [0.29, 0.717) is 23.3 Å². The summed E-state index contributed by atoms with van der Waals surface area (Å²) >= 11 is 9.95. The Bertz CT molecular complexity index is 975. The first-order valence-corrected chi connectivity index (χ1v) is 13.6. The van der Waals surface area contributed by atoms with Gasteiger partial charge >= 0.3 is 0 Å². The molecule has 3 aliphatic rings. The van der Waals surface area contributed by atoms with Crippen LogP contribution in [-0.4, -0.2) is 71.9 Å². The van der Waals surface area contributed by atoms with Gasteiger partial charge in [0.1, 0.15) is 0 Å². The third kappa shape index (κ3) is 6.01. The summed E-state index contributed by atoms with van der Waals surface area (Å²) in [6, 6.07) is 2.29. The maximum Gasteiger partial charge on any atom is 0.222 e. The van der Waals surface area contributed by atoms with Gasteiger partial charge in [0.15, 0.2) is 0 Å². The van der Waals surface area contributed by atoms with Crippen molar-refractivity contribution in [2.45, 2.75) is 45.1 Å². The number of hydrogen-bond acceptors (Lipinski definition) is 4. The Balaban J connectivity index is 1.50. The van der Waals surface area contributed by atoms with E-state index in [-0.39, 0.29) is 6.04 Å². The van der Waals surface area contributed by atoms with Crippen LogP contribution in [0.2, 0.25) is 0 Å². The fourth-order valence-corrected chi connectivity index (χ4v) is 6.03. The van der Waals surface area contributed by atoms with Crippen molar-refractivity contribution >= 4 is 33.4 Å². The van der Waals surface area contributed by atoms with Crippen LogP contribution in [-0.2, 0) is 11.2 Å². The molecule has 0 aromatic carbocycles. The van der Waals surface area contributed by atoms with Gasteiger partial charge in [0.05, 0.1) is 11.7 Å². The molecule has 1 unspecified atom stereocenters. The molecule has 7 heteroatoms. The second-order valence-corrected chi connectivity index (χ2v) is 11.3. The number of allylic oxidation sites excluding steroid dienone is 4. The number of halogens is 2. The van der Waals surface area contributed by atoms with Gasteiger partial charge in [-0.3, -0.25) is 14.7 Å². The molecule has 34 heavy (non-hydrogen) atoms. The van der Waals surface area contributed by atoms with Crippen LogP contribution in [0.1, 0.15) is 49.9 Å². The fraction of sp³-hybridized carbons (Fsp3) is 0.556. The lowest BCUT2D eigenvalue weighted by molar-refractivity contribution is -0.134. The van der Waals surface area contributed by atoms with Crippen LogP contribution in [0.15, 0.2) is 51.6 Å². The lowest BCUT2D eigenvalue weighted by Crippen LogP contribution is -2.50. The zero-order valence-corrected chi connectivity index (χ0v) is 22.7. The predicted molar refractivity (Wildman–Crippen MR) is 143 cm³/mol. The number of likely N-dealkylation sites (tertiary alicyclic amines) is 1. The van der Waals surface area contributed by atoms with Gasteiger partial charge in [-0.2, -0.15) is 0 Å². The lowest BCUT2D eigenvalue weighted by Gasteiger charge is -2.40. The van der Waals surface area contributed by atoms with Crippen LogP contribution in [0.4, 0.5) is 0 Å². The Morgan fingerprint density at radius 3 is 2.59 bits per heavy atom. The second kappa shape index (κ2) is 11.5. The van der Waals surface area contributed by atoms with E-state index in [4.69, 9.17) is 16.6 Å². The molecule has 1 amide bonds. The van der Waals surface area contributed by atoms with E-state index in [1.807, 2.05) is 6.20 Å². The molecular formula is C27H36BrClN4O. The molecule has 0 spiro atoms. The van der Waals surface area contributed by atoms with E-state index in [2.05, 4.69) is 63.3 Å². The summed E-state index contributed by atoms with van der Waals surface area (Å²) in [7, 11) is 2.17. The molecule has 0 saturated carbocycles. The smallest absolute Gasteiger partial charge is 0.222 e. The highest BCUT2D eigenvalue weighted by Crippen LogP contribution is 2.38. The van der Waals surface area contributed by atoms with Gasteiger partial charge in [-0.1, -0.05) is 24.3 Å². The van der Waals surface area contributed by atoms with Gasteiger partial charge in [-0.15, -0.1) is 0 Å². The number of hydrogen-bond donors (Lipinski definition) is 0. The molecule has 1 atom stereocenters. The molecule has 2 aliphatic heterocycles. The number of rotatable bonds is 5. The summed E-state index contributed by atoms with van der Waals surface area (Å²) in [5, 5.41) is 0.664. The average molecular weight is 548 g/mol. The molecule has 0 bridgehead atoms. The summed E-state index contributed by atoms with van der Waals surface area (Å²) in [5.41, 5.74) is 4.95. The Morgan fingerprint density at radius 1 is 1.21 bits per heavy atom. The molecule has 184 valence electrons. The fourth-order valence-electron chi connectivity index (χ4n) is 5.52. The third-order valence-corrected chi connectivity index (χ3v) is 8.35. The largest absolute Gasteiger partial charge is 0.340 e. The number of amides is 1. The first-order chi connectivity index (χ1) is 16.4. The zero-order chi connectivity index (χ0) is 24.2. The summed E-state index contributed by atoms with van der Waals surface area (Å²) in [4.78, 5) is 24.8. The summed E-state index contributed by atoms with van der Waals surface area (Å²) in [6.07, 6.45) is 10.5. The molecule has 5 nitrogen and oxygen atoms in total. The van der Waals surface area contributed by atoms with E-state index < -0.39 is 0 Å². The highest BCUT2D eigenvalue weighted by atomic mass is 79.9. The minimum atomic E-state index is 0.0947. The maximum atomic E-state index is 13.0. The monoisotopic (exact) mass is 546 g/mol. The first kappa shape index (κ1) is 25.6. The number of carbonyl (C=O) groups is 1. The Kier molecular flexibility index (Phi) is 8.67. The molecule has 2 saturated heterocycles. The second-order valence-electron chi connectivity index (χ2n) is 9.91. The molecule has 1 aromatic heterocycles. The van der Waals surface area contributed by atoms with E-state index >= 15 is 0 Å². The SMILES string of the molecule is C=C/C(Cl)=C\C1=C(C)C(N2CCN(C(=O)CC3CCN(C)CC3)CC2)c2ncc(Br)cc2CC1. The minimum Gasteiger partial charge on any atom is -0.340 e. The first-order valence-electron chi connectivity index (χ1n) is 12.4. The van der Waals surface area contributed by atoms with Crippen molar-refractivity contribution in [1.82, 2.24) is 19.7 Å². The van der Waals surface area contributed by atoms with Crippen molar-refractivity contribution in [2.24, 2.45) is 5.92 Å². The van der Waals surface area contributed by atoms with Crippen LogP contribution < -0.4 is 0 Å². The highest BCUT2D eigenvalue weighted by Gasteiger charge is 2.33. The number of piperazine rings is 1. The third-order valence-electron chi connectivity index (χ3n) is 7.65. The Labute approximate surface area is 217 Å². The van der Waals surface area contributed by atoms with Gasteiger partial charge in [-0.05, 0) is 103 Å². The van der Waals surface area contributed by atoms with Crippen LogP contribution >= 0.6 is 27.5 Å². The van der Waals surface area contributed by atoms with Gasteiger partial charge < -0.3 is 9.80 Å². The number of aromatic nitrogens is 1. The van der Waals surface area contributed by atoms with Crippen molar-refractivity contribution in [3.8, 4) is 0 Å². The van der Waals surface area contributed by atoms with Gasteiger partial charge in [0.25, 0.3) is 0 Å². The molecule has 0 N–H and O–H groups in total. The van der Waals surface area contributed by atoms with E-state index in [0.717, 1.165) is 75.1 Å². The molecule has 4 rings (SSSR count). The van der Waals surface area contributed by atoms with E-state index in [1.165, 1.54) is 16.7 Å². The molecule has 0 radical (unpaired) electrons. The number of piperidine rings is 1. The molecule has 1 aromatic rings. The van der Waals surface area contributed by atoms with Crippen molar-refractivity contribution in [3.63, 3.8) is 0 Å². The molecular weight excluding hydrogens is 512 g/mol. The number of carbonyl (C=O) groups excluding carboxylic acids is 1. The van der Waals surface area contributed by atoms with Crippen molar-refractivity contribution in [3.05, 3.63) is 62.9 Å². The van der Waals surface area contributed by atoms with Gasteiger partial charge in [0.2, 0.25) is 5.91 Å². The van der Waals surface area contributed by atoms with E-state index in [1.54, 1.807) is 6.08 Å². The van der Waals surface area contributed by atoms with Crippen molar-refractivity contribution in [1.29, 1.82) is 0 Å². The molecule has 1 aliphatic carbocycles. The maximum absolute atomic E-state index is 13.0. The summed E-state index contributed by atoms with van der Waals surface area (Å²) in [5.74, 6) is 0.860. The lowest BCUT2D eigenvalue weighted by atomic mass is 9.93. The number of fused-ring (bicyclic) bond motifs is 1. The van der Waals surface area contributed by atoms with Crippen LogP contribution in [0.5, 0.6) is 0 Å². The van der Waals surface area contributed by atoms with Crippen molar-refractivity contribution < 1.29 is 4.79 Å². The van der Waals surface area contributed by atoms with Crippen LogP contribution in [0, 0.1) is 5.92 Å². The minimum absolute atomic E-state index is 0.0947. The average Bonchev–Trinajstić information content (AvgIpc) is 2.96. The van der Waals surface area contributed by atoms with E-state index in [9.17, 15) is 4.79 Å². The van der Waals surface area contributed by atoms with Crippen LogP contribution in [0.3, 0.4) is 0 Å². The highest BCUT2D eigenvalue weighted by molar-refractivity contribution is 9.10. The van der Waals surface area contributed by atoms with Gasteiger partial charge in [-0.25, -0.2) is 0 Å². The predicted octanol–water partition coefficient (Wildman–Crippen LogP) is 5.33. The quantitative estimate of drug-likeness (QED) is 0.467. The topological polar surface area (TPSA) is 39.7 Å². The molecule has 3 heterocycles. The Hall–Kier alpha value is -1.47. The summed E-state index contributed by atoms with van der Waals surface area (Å²) < 4.78 is 1.01. The summed E-state index contributed by atoms with van der Waals surface area (Å²) in [6.45, 7) is 11.5. The number of pyridine rings is 1. The normalized spacial score (nSPS) is 23.6. The zero-order valence-electron chi connectivity index (χ0n) is 20.4. The van der Waals surface area contributed by atoms with Crippen molar-refractivity contribution in [2.75, 3.05) is 46.3 Å². The standard InChI is InChI=1S/C27H36BrClN4O/c1-4-24(29)17-21-5-6-22-16-23(28)18-30-26(22)27(19(21)2)33-13-11-32(12-14-33)25(34)15-20-7-9-31(3)10-8-20/h4,16-18,20,27H,1,5-15H2,2-3H3/b24-17+. The Morgan fingerprint density at radius 2 is 1.91 bits per heavy atom. The molecule has 2 fully saturated rings. The van der Waals surface area contributed by atoms with Gasteiger partial charge in [0, 0.05) is 48.3 Å². The number of nitrogens with zero attached hydrogens (tertiary/aromatic N) is 4. The van der Waals surface area contributed by atoms with Crippen LogP contribution in [0.25, 0.3) is 0 Å². The number of aryl methyl sites for hydroxylation is 1.